The highest BCUT2D eigenvalue weighted by Gasteiger charge is 2.39. The van der Waals surface area contributed by atoms with Crippen LogP contribution in [0.4, 0.5) is 0 Å². The van der Waals surface area contributed by atoms with Gasteiger partial charge in [-0.25, -0.2) is 8.42 Å². The first-order valence-corrected chi connectivity index (χ1v) is 7.66. The van der Waals surface area contributed by atoms with E-state index in [1.165, 1.54) is 0 Å². The van der Waals surface area contributed by atoms with E-state index in [4.69, 9.17) is 0 Å². The Bertz CT molecular complexity index is 467. The molecule has 0 amide bonds. The molecule has 3 nitrogen and oxygen atoms in total. The monoisotopic (exact) mass is 251 g/mol. The van der Waals surface area contributed by atoms with E-state index in [9.17, 15) is 8.42 Å². The summed E-state index contributed by atoms with van der Waals surface area (Å²) in [5, 5.41) is 3.19. The van der Waals surface area contributed by atoms with Gasteiger partial charge in [-0.3, -0.25) is 0 Å². The third-order valence-corrected chi connectivity index (χ3v) is 6.07. The zero-order valence-corrected chi connectivity index (χ0v) is 11.0. The van der Waals surface area contributed by atoms with Crippen LogP contribution in [0.1, 0.15) is 18.4 Å². The van der Waals surface area contributed by atoms with Crippen molar-refractivity contribution in [1.29, 1.82) is 0 Å². The van der Waals surface area contributed by atoms with Crippen LogP contribution in [-0.4, -0.2) is 34.0 Å². The number of hydrogen-bond donors (Lipinski definition) is 1. The fraction of sp³-hybridized carbons (Fsp3) is 0.500. The average molecular weight is 251 g/mol. The van der Waals surface area contributed by atoms with Crippen molar-refractivity contribution in [3.05, 3.63) is 35.9 Å². The van der Waals surface area contributed by atoms with Gasteiger partial charge in [0, 0.05) is 6.54 Å². The number of benzene rings is 1. The molecule has 1 unspecified atom stereocenters. The van der Waals surface area contributed by atoms with Crippen LogP contribution < -0.4 is 5.32 Å². The van der Waals surface area contributed by atoms with E-state index < -0.39 is 14.5 Å². The third kappa shape index (κ3) is 2.72. The largest absolute Gasteiger partial charge is 0.316 e. The quantitative estimate of drug-likeness (QED) is 0.787. The Morgan fingerprint density at radius 2 is 2.00 bits per heavy atom. The molecule has 92 valence electrons. The van der Waals surface area contributed by atoms with Gasteiger partial charge < -0.3 is 5.32 Å². The van der Waals surface area contributed by atoms with Crippen molar-refractivity contribution in [2.24, 2.45) is 0 Å². The molecule has 1 atom stereocenters. The normalized spacial score (nSPS) is 25.6. The van der Waals surface area contributed by atoms with Crippen molar-refractivity contribution in [3.63, 3.8) is 0 Å². The second-order valence-corrected chi connectivity index (χ2v) is 7.48. The summed E-state index contributed by atoms with van der Waals surface area (Å²) in [6.45, 7) is 1.50. The molecule has 17 heavy (non-hydrogen) atoms. The molecule has 5 heteroatoms. The summed E-state index contributed by atoms with van der Waals surface area (Å²) >= 11 is 0. The van der Waals surface area contributed by atoms with Crippen molar-refractivity contribution >= 4 is 17.7 Å². The Morgan fingerprint density at radius 1 is 1.29 bits per heavy atom. The summed E-state index contributed by atoms with van der Waals surface area (Å²) in [6, 6.07) is 9.41. The molecule has 0 bridgehead atoms. The lowest BCUT2D eigenvalue weighted by molar-refractivity contribution is 0.468. The molecule has 1 aliphatic rings. The minimum atomic E-state index is -3.10. The van der Waals surface area contributed by atoms with Gasteiger partial charge in [-0.15, -0.1) is 0 Å². The van der Waals surface area contributed by atoms with Crippen molar-refractivity contribution in [3.8, 4) is 0 Å². The highest BCUT2D eigenvalue weighted by molar-refractivity contribution is 7.93. The standard InChI is InChI=1S/C12H18BNO2S/c13-12(7-4-8-14-10-12)17(15,16)9-11-5-2-1-3-6-11/h1-3,5-6,14H,4,7-10,13H2. The molecule has 1 aromatic carbocycles. The first-order valence-electron chi connectivity index (χ1n) is 6.00. The topological polar surface area (TPSA) is 46.2 Å². The zero-order valence-electron chi connectivity index (χ0n) is 10.1. The Kier molecular flexibility index (Phi) is 3.59. The summed E-state index contributed by atoms with van der Waals surface area (Å²) < 4.78 is 24.3. The number of sulfone groups is 1. The molecular formula is C12H18BNO2S. The van der Waals surface area contributed by atoms with E-state index >= 15 is 0 Å². The summed E-state index contributed by atoms with van der Waals surface area (Å²) in [4.78, 5) is 0. The number of piperidine rings is 1. The smallest absolute Gasteiger partial charge is 0.153 e. The Morgan fingerprint density at radius 3 is 2.59 bits per heavy atom. The maximum atomic E-state index is 12.4. The molecule has 1 saturated heterocycles. The van der Waals surface area contributed by atoms with Gasteiger partial charge in [-0.1, -0.05) is 30.3 Å². The first-order chi connectivity index (χ1) is 8.04. The molecule has 2 rings (SSSR count). The van der Waals surface area contributed by atoms with Gasteiger partial charge >= 0.3 is 0 Å². The van der Waals surface area contributed by atoms with Gasteiger partial charge in [0.2, 0.25) is 0 Å². The van der Waals surface area contributed by atoms with E-state index in [1.54, 1.807) is 0 Å². The van der Waals surface area contributed by atoms with Crippen LogP contribution in [0.25, 0.3) is 0 Å². The Labute approximate surface area is 104 Å². The maximum Gasteiger partial charge on any atom is 0.153 e. The predicted octanol–water partition coefficient (Wildman–Crippen LogP) is 0.314. The van der Waals surface area contributed by atoms with E-state index in [0.717, 1.165) is 24.9 Å². The van der Waals surface area contributed by atoms with Crippen LogP contribution in [0.5, 0.6) is 0 Å². The van der Waals surface area contributed by atoms with Gasteiger partial charge in [0.15, 0.2) is 9.84 Å². The van der Waals surface area contributed by atoms with Gasteiger partial charge in [0.1, 0.15) is 7.85 Å². The van der Waals surface area contributed by atoms with Crippen molar-refractivity contribution in [1.82, 2.24) is 5.32 Å². The molecule has 0 aliphatic carbocycles. The Hall–Kier alpha value is -0.805. The molecule has 1 N–H and O–H groups in total. The lowest BCUT2D eigenvalue weighted by Gasteiger charge is -2.33. The third-order valence-electron chi connectivity index (χ3n) is 3.51. The number of rotatable bonds is 3. The van der Waals surface area contributed by atoms with E-state index in [0.29, 0.717) is 6.54 Å². The van der Waals surface area contributed by atoms with Crippen LogP contribution in [0.2, 0.25) is 0 Å². The molecule has 0 saturated carbocycles. The molecule has 0 aromatic heterocycles. The SMILES string of the molecule is BC1(S(=O)(=O)Cc2ccccc2)CCCNC1. The van der Waals surface area contributed by atoms with E-state index in [2.05, 4.69) is 5.32 Å². The van der Waals surface area contributed by atoms with Crippen molar-refractivity contribution < 1.29 is 8.42 Å². The molecule has 1 aliphatic heterocycles. The minimum Gasteiger partial charge on any atom is -0.316 e. The van der Waals surface area contributed by atoms with Crippen molar-refractivity contribution in [2.45, 2.75) is 23.2 Å². The van der Waals surface area contributed by atoms with Gasteiger partial charge in [-0.2, -0.15) is 0 Å². The zero-order chi connectivity index (χ0) is 12.4. The number of hydrogen-bond acceptors (Lipinski definition) is 3. The maximum absolute atomic E-state index is 12.4. The van der Waals surface area contributed by atoms with E-state index in [-0.39, 0.29) is 5.75 Å². The fourth-order valence-electron chi connectivity index (χ4n) is 2.26. The van der Waals surface area contributed by atoms with Crippen molar-refractivity contribution in [2.75, 3.05) is 13.1 Å². The molecule has 1 heterocycles. The van der Waals surface area contributed by atoms with Crippen LogP contribution in [0.3, 0.4) is 0 Å². The molecule has 0 spiro atoms. The van der Waals surface area contributed by atoms with Crippen LogP contribution >= 0.6 is 0 Å². The number of nitrogens with one attached hydrogen (secondary N) is 1. The summed E-state index contributed by atoms with van der Waals surface area (Å²) in [5.41, 5.74) is 0.874. The van der Waals surface area contributed by atoms with Crippen LogP contribution in [0, 0.1) is 0 Å². The van der Waals surface area contributed by atoms with Gasteiger partial charge in [0.25, 0.3) is 0 Å². The lowest BCUT2D eigenvalue weighted by Crippen LogP contribution is -2.52. The molecule has 0 radical (unpaired) electrons. The summed E-state index contributed by atoms with van der Waals surface area (Å²) in [7, 11) is -1.24. The lowest BCUT2D eigenvalue weighted by atomic mass is 9.80. The molecule has 1 fully saturated rings. The van der Waals surface area contributed by atoms with Crippen LogP contribution in [-0.2, 0) is 15.6 Å². The second-order valence-electron chi connectivity index (χ2n) is 4.97. The predicted molar refractivity (Wildman–Crippen MR) is 72.4 cm³/mol. The average Bonchev–Trinajstić information content (AvgIpc) is 2.30. The second kappa shape index (κ2) is 4.82. The minimum absolute atomic E-state index is 0.145. The summed E-state index contributed by atoms with van der Waals surface area (Å²) in [5.74, 6) is 0.145. The van der Waals surface area contributed by atoms with Crippen LogP contribution in [0.15, 0.2) is 30.3 Å². The first kappa shape index (κ1) is 12.6. The summed E-state index contributed by atoms with van der Waals surface area (Å²) in [6.07, 6.45) is 1.69. The molecule has 1 aromatic rings. The highest BCUT2D eigenvalue weighted by Crippen LogP contribution is 2.25. The van der Waals surface area contributed by atoms with Gasteiger partial charge in [0.05, 0.1) is 10.4 Å². The van der Waals surface area contributed by atoms with Gasteiger partial charge in [-0.05, 0) is 24.9 Å². The Balaban J connectivity index is 2.19. The fourth-order valence-corrected chi connectivity index (χ4v) is 4.02. The highest BCUT2D eigenvalue weighted by atomic mass is 32.2. The molecular weight excluding hydrogens is 233 g/mol. The van der Waals surface area contributed by atoms with E-state index in [1.807, 2.05) is 38.2 Å².